The molecule has 3 N–H and O–H groups in total. The number of hydrazine groups is 1. The summed E-state index contributed by atoms with van der Waals surface area (Å²) in [7, 11) is 1.74. The quantitative estimate of drug-likeness (QED) is 0.487. The Morgan fingerprint density at radius 1 is 1.46 bits per heavy atom. The van der Waals surface area contributed by atoms with E-state index >= 15 is 0 Å². The number of ether oxygens (including phenoxy) is 1. The van der Waals surface area contributed by atoms with Crippen LogP contribution in [0.15, 0.2) is 0 Å². The van der Waals surface area contributed by atoms with Crippen molar-refractivity contribution in [3.8, 4) is 0 Å². The van der Waals surface area contributed by atoms with E-state index in [4.69, 9.17) is 10.6 Å². The van der Waals surface area contributed by atoms with Gasteiger partial charge in [0.15, 0.2) is 0 Å². The second kappa shape index (κ2) is 6.35. The molecule has 1 aliphatic rings. The summed E-state index contributed by atoms with van der Waals surface area (Å²) in [6.07, 6.45) is 7.86. The molecule has 1 fully saturated rings. The highest BCUT2D eigenvalue weighted by Gasteiger charge is 2.18. The van der Waals surface area contributed by atoms with Crippen LogP contribution >= 0.6 is 0 Å². The summed E-state index contributed by atoms with van der Waals surface area (Å²) >= 11 is 0. The van der Waals surface area contributed by atoms with Gasteiger partial charge in [0.1, 0.15) is 0 Å². The molecular weight excluding hydrogens is 164 g/mol. The number of rotatable bonds is 6. The molecule has 1 atom stereocenters. The van der Waals surface area contributed by atoms with Crippen LogP contribution in [-0.4, -0.2) is 19.8 Å². The van der Waals surface area contributed by atoms with Crippen LogP contribution in [0.3, 0.4) is 0 Å². The van der Waals surface area contributed by atoms with E-state index in [-0.39, 0.29) is 0 Å². The van der Waals surface area contributed by atoms with Gasteiger partial charge in [0.25, 0.3) is 0 Å². The molecule has 0 bridgehead atoms. The zero-order valence-corrected chi connectivity index (χ0v) is 8.59. The smallest absolute Gasteiger partial charge is 0.0477 e. The first kappa shape index (κ1) is 11.0. The summed E-state index contributed by atoms with van der Waals surface area (Å²) < 4.78 is 5.04. The van der Waals surface area contributed by atoms with E-state index in [9.17, 15) is 0 Å². The molecule has 0 heterocycles. The minimum absolute atomic E-state index is 0.447. The Kier molecular flexibility index (Phi) is 5.35. The largest absolute Gasteiger partial charge is 0.385 e. The third kappa shape index (κ3) is 4.07. The van der Waals surface area contributed by atoms with Crippen LogP contribution in [0.2, 0.25) is 0 Å². The molecular formula is C10H22N2O. The van der Waals surface area contributed by atoms with Crippen LogP contribution < -0.4 is 11.3 Å². The molecule has 0 aromatic heterocycles. The number of hydrogen-bond acceptors (Lipinski definition) is 3. The third-order valence-corrected chi connectivity index (χ3v) is 3.00. The summed E-state index contributed by atoms with van der Waals surface area (Å²) in [5.74, 6) is 6.39. The fourth-order valence-electron chi connectivity index (χ4n) is 2.18. The van der Waals surface area contributed by atoms with Gasteiger partial charge in [-0.15, -0.1) is 0 Å². The Bertz CT molecular complexity index is 124. The lowest BCUT2D eigenvalue weighted by Crippen LogP contribution is -2.37. The molecule has 0 spiro atoms. The van der Waals surface area contributed by atoms with Gasteiger partial charge >= 0.3 is 0 Å². The van der Waals surface area contributed by atoms with Crippen LogP contribution in [0.1, 0.15) is 38.5 Å². The van der Waals surface area contributed by atoms with Crippen LogP contribution in [0.25, 0.3) is 0 Å². The monoisotopic (exact) mass is 186 g/mol. The summed E-state index contributed by atoms with van der Waals surface area (Å²) in [5, 5.41) is 0. The lowest BCUT2D eigenvalue weighted by Gasteiger charge is -2.19. The van der Waals surface area contributed by atoms with E-state index in [1.54, 1.807) is 7.11 Å². The molecule has 1 unspecified atom stereocenters. The molecule has 0 saturated heterocycles. The minimum atomic E-state index is 0.447. The summed E-state index contributed by atoms with van der Waals surface area (Å²) in [5.41, 5.74) is 2.88. The maximum absolute atomic E-state index is 5.49. The summed E-state index contributed by atoms with van der Waals surface area (Å²) in [6, 6.07) is 0.447. The van der Waals surface area contributed by atoms with Crippen molar-refractivity contribution in [3.05, 3.63) is 0 Å². The van der Waals surface area contributed by atoms with Gasteiger partial charge in [-0.25, -0.2) is 0 Å². The third-order valence-electron chi connectivity index (χ3n) is 3.00. The average molecular weight is 186 g/mol. The first-order valence-corrected chi connectivity index (χ1v) is 5.32. The molecule has 0 aromatic rings. The van der Waals surface area contributed by atoms with Gasteiger partial charge in [0.05, 0.1) is 0 Å². The SMILES string of the molecule is COCCC(CC1CCCC1)NN. The first-order valence-electron chi connectivity index (χ1n) is 5.32. The van der Waals surface area contributed by atoms with E-state index < -0.39 is 0 Å². The van der Waals surface area contributed by atoms with Gasteiger partial charge in [-0.05, 0) is 18.8 Å². The minimum Gasteiger partial charge on any atom is -0.385 e. The molecule has 3 nitrogen and oxygen atoms in total. The Morgan fingerprint density at radius 2 is 2.15 bits per heavy atom. The Hall–Kier alpha value is -0.120. The molecule has 1 saturated carbocycles. The van der Waals surface area contributed by atoms with Crippen molar-refractivity contribution in [1.29, 1.82) is 0 Å². The molecule has 0 aromatic carbocycles. The van der Waals surface area contributed by atoms with Crippen molar-refractivity contribution in [2.45, 2.75) is 44.6 Å². The predicted octanol–water partition coefficient (Wildman–Crippen LogP) is 1.44. The highest BCUT2D eigenvalue weighted by molar-refractivity contribution is 4.74. The van der Waals surface area contributed by atoms with Gasteiger partial charge in [-0.3, -0.25) is 11.3 Å². The van der Waals surface area contributed by atoms with Crippen LogP contribution in [0.5, 0.6) is 0 Å². The maximum Gasteiger partial charge on any atom is 0.0477 e. The molecule has 13 heavy (non-hydrogen) atoms. The second-order valence-corrected chi connectivity index (χ2v) is 4.03. The van der Waals surface area contributed by atoms with Gasteiger partial charge < -0.3 is 4.74 Å². The van der Waals surface area contributed by atoms with Crippen molar-refractivity contribution < 1.29 is 4.74 Å². The predicted molar refractivity (Wildman–Crippen MR) is 54.2 cm³/mol. The Labute approximate surface area is 81.0 Å². The van der Waals surface area contributed by atoms with E-state index in [2.05, 4.69) is 5.43 Å². The van der Waals surface area contributed by atoms with Gasteiger partial charge in [0, 0.05) is 19.8 Å². The van der Waals surface area contributed by atoms with Crippen molar-refractivity contribution >= 4 is 0 Å². The maximum atomic E-state index is 5.49. The Morgan fingerprint density at radius 3 is 2.69 bits per heavy atom. The highest BCUT2D eigenvalue weighted by Crippen LogP contribution is 2.28. The molecule has 3 heteroatoms. The summed E-state index contributed by atoms with van der Waals surface area (Å²) in [6.45, 7) is 0.807. The van der Waals surface area contributed by atoms with Crippen molar-refractivity contribution in [2.24, 2.45) is 11.8 Å². The lowest BCUT2D eigenvalue weighted by molar-refractivity contribution is 0.177. The van der Waals surface area contributed by atoms with E-state index in [0.29, 0.717) is 6.04 Å². The molecule has 1 rings (SSSR count). The number of nitrogens with one attached hydrogen (secondary N) is 1. The fraction of sp³-hybridized carbons (Fsp3) is 1.00. The fourth-order valence-corrected chi connectivity index (χ4v) is 2.18. The van der Waals surface area contributed by atoms with Crippen molar-refractivity contribution in [1.82, 2.24) is 5.43 Å². The highest BCUT2D eigenvalue weighted by atomic mass is 16.5. The number of hydrogen-bond donors (Lipinski definition) is 2. The van der Waals surface area contributed by atoms with Gasteiger partial charge in [-0.1, -0.05) is 25.7 Å². The normalized spacial score (nSPS) is 20.8. The van der Waals surface area contributed by atoms with Gasteiger partial charge in [-0.2, -0.15) is 0 Å². The van der Waals surface area contributed by atoms with Crippen molar-refractivity contribution in [2.75, 3.05) is 13.7 Å². The first-order chi connectivity index (χ1) is 6.36. The molecule has 0 radical (unpaired) electrons. The summed E-state index contributed by atoms with van der Waals surface area (Å²) in [4.78, 5) is 0. The van der Waals surface area contributed by atoms with Gasteiger partial charge in [0.2, 0.25) is 0 Å². The molecule has 1 aliphatic carbocycles. The second-order valence-electron chi connectivity index (χ2n) is 4.03. The van der Waals surface area contributed by atoms with Crippen LogP contribution in [0.4, 0.5) is 0 Å². The average Bonchev–Trinajstić information content (AvgIpc) is 2.64. The number of nitrogens with two attached hydrogens (primary N) is 1. The standard InChI is InChI=1S/C10H22N2O/c1-13-7-6-10(12-11)8-9-4-2-3-5-9/h9-10,12H,2-8,11H2,1H3. The number of methoxy groups -OCH3 is 1. The van der Waals surface area contributed by atoms with E-state index in [0.717, 1.165) is 18.9 Å². The van der Waals surface area contributed by atoms with E-state index in [1.165, 1.54) is 32.1 Å². The van der Waals surface area contributed by atoms with Crippen LogP contribution in [0, 0.1) is 5.92 Å². The van der Waals surface area contributed by atoms with Crippen LogP contribution in [-0.2, 0) is 4.74 Å². The zero-order chi connectivity index (χ0) is 9.52. The molecule has 78 valence electrons. The van der Waals surface area contributed by atoms with Crippen molar-refractivity contribution in [3.63, 3.8) is 0 Å². The lowest BCUT2D eigenvalue weighted by atomic mass is 9.97. The molecule has 0 amide bonds. The Balaban J connectivity index is 2.13. The zero-order valence-electron chi connectivity index (χ0n) is 8.59. The molecule has 0 aliphatic heterocycles. The topological polar surface area (TPSA) is 47.3 Å². The van der Waals surface area contributed by atoms with E-state index in [1.807, 2.05) is 0 Å².